The fourth-order valence-corrected chi connectivity index (χ4v) is 6.07. The average Bonchev–Trinajstić information content (AvgIpc) is 3.16. The van der Waals surface area contributed by atoms with Gasteiger partial charge in [0.2, 0.25) is 5.91 Å². The van der Waals surface area contributed by atoms with Gasteiger partial charge in [-0.25, -0.2) is 8.42 Å². The number of rotatable bonds is 7. The van der Waals surface area contributed by atoms with Crippen LogP contribution in [0.5, 0.6) is 11.5 Å². The molecule has 3 aromatic carbocycles. The summed E-state index contributed by atoms with van der Waals surface area (Å²) in [4.78, 5) is 15.4. The fourth-order valence-electron chi connectivity index (χ4n) is 4.66. The Bertz CT molecular complexity index is 1350. The molecule has 1 heterocycles. The Balaban J connectivity index is 1.79. The molecule has 8 heteroatoms. The third-order valence-corrected chi connectivity index (χ3v) is 7.96. The molecule has 0 bridgehead atoms. The molecule has 7 nitrogen and oxygen atoms in total. The number of para-hydroxylation sites is 1. The quantitative estimate of drug-likeness (QED) is 0.484. The Kier molecular flexibility index (Phi) is 6.76. The maximum absolute atomic E-state index is 14.0. The highest BCUT2D eigenvalue weighted by Gasteiger charge is 2.35. The van der Waals surface area contributed by atoms with Crippen LogP contribution in [0.4, 0.5) is 11.4 Å². The first-order valence-corrected chi connectivity index (χ1v) is 12.8. The van der Waals surface area contributed by atoms with E-state index >= 15 is 0 Å². The van der Waals surface area contributed by atoms with Crippen molar-refractivity contribution >= 4 is 27.3 Å². The highest BCUT2D eigenvalue weighted by molar-refractivity contribution is 7.92. The SMILES string of the molecule is COc1ccc(S(=O)(=O)N(CC(=O)N2c3ccccc3CC2C)c2cc(C)cc(C)c2)cc1OC. The highest BCUT2D eigenvalue weighted by Crippen LogP contribution is 2.35. The topological polar surface area (TPSA) is 76.2 Å². The lowest BCUT2D eigenvalue weighted by molar-refractivity contribution is -0.117. The number of hydrogen-bond donors (Lipinski definition) is 0. The molecule has 1 atom stereocenters. The minimum Gasteiger partial charge on any atom is -0.493 e. The second kappa shape index (κ2) is 9.62. The largest absolute Gasteiger partial charge is 0.493 e. The smallest absolute Gasteiger partial charge is 0.264 e. The number of anilines is 2. The minimum atomic E-state index is -4.11. The molecule has 0 fully saturated rings. The van der Waals surface area contributed by atoms with Crippen LogP contribution in [-0.2, 0) is 21.2 Å². The second-order valence-corrected chi connectivity index (χ2v) is 10.7. The Morgan fingerprint density at radius 1 is 0.971 bits per heavy atom. The molecule has 0 radical (unpaired) electrons. The molecular formula is C27H30N2O5S. The summed E-state index contributed by atoms with van der Waals surface area (Å²) >= 11 is 0. The van der Waals surface area contributed by atoms with Crippen molar-refractivity contribution in [2.75, 3.05) is 30.0 Å². The molecule has 1 aliphatic rings. The predicted octanol–water partition coefficient (Wildman–Crippen LogP) is 4.49. The number of sulfonamides is 1. The fraction of sp³-hybridized carbons (Fsp3) is 0.296. The van der Waals surface area contributed by atoms with Crippen LogP contribution in [0.25, 0.3) is 0 Å². The number of methoxy groups -OCH3 is 2. The van der Waals surface area contributed by atoms with Crippen LogP contribution in [0, 0.1) is 13.8 Å². The van der Waals surface area contributed by atoms with Crippen LogP contribution in [-0.4, -0.2) is 41.1 Å². The first kappa shape index (κ1) is 24.6. The first-order valence-electron chi connectivity index (χ1n) is 11.4. The first-order chi connectivity index (χ1) is 16.6. The van der Waals surface area contributed by atoms with Gasteiger partial charge in [0.25, 0.3) is 10.0 Å². The summed E-state index contributed by atoms with van der Waals surface area (Å²) in [6.07, 6.45) is 0.730. The predicted molar refractivity (Wildman–Crippen MR) is 137 cm³/mol. The zero-order valence-corrected chi connectivity index (χ0v) is 21.4. The Morgan fingerprint density at radius 3 is 2.29 bits per heavy atom. The van der Waals surface area contributed by atoms with Crippen LogP contribution in [0.15, 0.2) is 65.6 Å². The second-order valence-electron chi connectivity index (χ2n) is 8.82. The molecule has 0 N–H and O–H groups in total. The molecule has 3 aromatic rings. The van der Waals surface area contributed by atoms with Crippen molar-refractivity contribution in [3.05, 3.63) is 77.4 Å². The van der Waals surface area contributed by atoms with Crippen molar-refractivity contribution in [1.29, 1.82) is 0 Å². The van der Waals surface area contributed by atoms with E-state index in [1.54, 1.807) is 23.1 Å². The monoisotopic (exact) mass is 494 g/mol. The molecule has 1 aliphatic heterocycles. The van der Waals surface area contributed by atoms with Crippen LogP contribution in [0.1, 0.15) is 23.6 Å². The van der Waals surface area contributed by atoms with E-state index < -0.39 is 10.0 Å². The lowest BCUT2D eigenvalue weighted by atomic mass is 10.1. The van der Waals surface area contributed by atoms with E-state index in [-0.39, 0.29) is 23.4 Å². The van der Waals surface area contributed by atoms with Gasteiger partial charge in [0, 0.05) is 17.8 Å². The summed E-state index contributed by atoms with van der Waals surface area (Å²) in [6.45, 7) is 5.44. The van der Waals surface area contributed by atoms with Crippen molar-refractivity contribution in [3.8, 4) is 11.5 Å². The Labute approximate surface area is 206 Å². The van der Waals surface area contributed by atoms with Gasteiger partial charge in [0.1, 0.15) is 6.54 Å². The molecular weight excluding hydrogens is 464 g/mol. The van der Waals surface area contributed by atoms with E-state index in [1.165, 1.54) is 30.7 Å². The highest BCUT2D eigenvalue weighted by atomic mass is 32.2. The molecule has 4 rings (SSSR count). The maximum Gasteiger partial charge on any atom is 0.264 e. The van der Waals surface area contributed by atoms with Gasteiger partial charge >= 0.3 is 0 Å². The molecule has 184 valence electrons. The molecule has 0 saturated heterocycles. The third kappa shape index (κ3) is 4.71. The zero-order chi connectivity index (χ0) is 25.3. The Morgan fingerprint density at radius 2 is 1.63 bits per heavy atom. The van der Waals surface area contributed by atoms with Gasteiger partial charge in [-0.05, 0) is 74.2 Å². The van der Waals surface area contributed by atoms with E-state index in [1.807, 2.05) is 51.1 Å². The normalized spacial score (nSPS) is 15.0. The van der Waals surface area contributed by atoms with E-state index in [0.29, 0.717) is 17.2 Å². The Hall–Kier alpha value is -3.52. The summed E-state index contributed by atoms with van der Waals surface area (Å²) in [7, 11) is -1.18. The summed E-state index contributed by atoms with van der Waals surface area (Å²) in [6, 6.07) is 17.6. The molecule has 1 unspecified atom stereocenters. The van der Waals surface area contributed by atoms with E-state index in [0.717, 1.165) is 28.8 Å². The van der Waals surface area contributed by atoms with Gasteiger partial charge in [-0.3, -0.25) is 9.10 Å². The summed E-state index contributed by atoms with van der Waals surface area (Å²) in [5.41, 5.74) is 4.15. The van der Waals surface area contributed by atoms with Crippen LogP contribution >= 0.6 is 0 Å². The number of ether oxygens (including phenoxy) is 2. The molecule has 35 heavy (non-hydrogen) atoms. The lowest BCUT2D eigenvalue weighted by Crippen LogP contribution is -2.45. The number of hydrogen-bond acceptors (Lipinski definition) is 5. The number of amides is 1. The van der Waals surface area contributed by atoms with Gasteiger partial charge in [0.15, 0.2) is 11.5 Å². The molecule has 1 amide bonds. The van der Waals surface area contributed by atoms with E-state index in [9.17, 15) is 13.2 Å². The van der Waals surface area contributed by atoms with Crippen molar-refractivity contribution in [1.82, 2.24) is 0 Å². The average molecular weight is 495 g/mol. The van der Waals surface area contributed by atoms with Gasteiger partial charge in [0.05, 0.1) is 24.8 Å². The van der Waals surface area contributed by atoms with E-state index in [4.69, 9.17) is 9.47 Å². The van der Waals surface area contributed by atoms with Gasteiger partial charge in [-0.1, -0.05) is 24.3 Å². The van der Waals surface area contributed by atoms with Crippen molar-refractivity contribution < 1.29 is 22.7 Å². The lowest BCUT2D eigenvalue weighted by Gasteiger charge is -2.29. The number of fused-ring (bicyclic) bond motifs is 1. The molecule has 0 spiro atoms. The maximum atomic E-state index is 14.0. The molecule has 0 aliphatic carbocycles. The summed E-state index contributed by atoms with van der Waals surface area (Å²) in [5.74, 6) is 0.427. The standard InChI is InChI=1S/C27H30N2O5S/c1-18-12-19(2)14-22(13-18)28(35(31,32)23-10-11-25(33-4)26(16-23)34-5)17-27(30)29-20(3)15-21-8-6-7-9-24(21)29/h6-14,16,20H,15,17H2,1-5H3. The van der Waals surface area contributed by atoms with Crippen LogP contribution in [0.2, 0.25) is 0 Å². The van der Waals surface area contributed by atoms with Crippen molar-refractivity contribution in [2.24, 2.45) is 0 Å². The van der Waals surface area contributed by atoms with Crippen molar-refractivity contribution in [2.45, 2.75) is 38.1 Å². The van der Waals surface area contributed by atoms with Gasteiger partial charge in [-0.15, -0.1) is 0 Å². The van der Waals surface area contributed by atoms with Crippen LogP contribution in [0.3, 0.4) is 0 Å². The number of carbonyl (C=O) groups excluding carboxylic acids is 1. The zero-order valence-electron chi connectivity index (χ0n) is 20.6. The van der Waals surface area contributed by atoms with Crippen LogP contribution < -0.4 is 18.7 Å². The third-order valence-electron chi connectivity index (χ3n) is 6.19. The molecule has 0 saturated carbocycles. The number of carbonyl (C=O) groups is 1. The number of benzene rings is 3. The van der Waals surface area contributed by atoms with Crippen molar-refractivity contribution in [3.63, 3.8) is 0 Å². The van der Waals surface area contributed by atoms with Gasteiger partial charge < -0.3 is 14.4 Å². The minimum absolute atomic E-state index is 0.0111. The number of aryl methyl sites for hydroxylation is 2. The summed E-state index contributed by atoms with van der Waals surface area (Å²) < 4.78 is 39.7. The van der Waals surface area contributed by atoms with E-state index in [2.05, 4.69) is 0 Å². The molecule has 0 aromatic heterocycles. The summed E-state index contributed by atoms with van der Waals surface area (Å²) in [5, 5.41) is 0. The van der Waals surface area contributed by atoms with Gasteiger partial charge in [-0.2, -0.15) is 0 Å². The number of nitrogens with zero attached hydrogens (tertiary/aromatic N) is 2.